The maximum atomic E-state index is 13.3. The number of benzene rings is 1. The first kappa shape index (κ1) is 18.9. The van der Waals surface area contributed by atoms with Crippen LogP contribution in [-0.2, 0) is 4.79 Å². The van der Waals surface area contributed by atoms with E-state index in [0.29, 0.717) is 10.9 Å². The highest BCUT2D eigenvalue weighted by atomic mass is 32.2. The fraction of sp³-hybridized carbons (Fsp3) is 0.429. The maximum Gasteiger partial charge on any atom is 0.253 e. The number of piperidine rings is 1. The summed E-state index contributed by atoms with van der Waals surface area (Å²) in [5.74, 6) is 0.729. The number of hydrogen-bond donors (Lipinski definition) is 0. The standard InChI is InChI=1S/C21H25N5OS/c1-14-15(2)22-20-23-21(24-26(20)16(14)3)28-18(17-10-6-4-7-11-17)19(27)25-12-8-5-9-13-25/h4,6-7,10-11,18H,5,8-9,12-13H2,1-3H3. The molecule has 0 radical (unpaired) electrons. The molecule has 0 N–H and O–H groups in total. The highest BCUT2D eigenvalue weighted by Crippen LogP contribution is 2.36. The van der Waals surface area contributed by atoms with Crippen LogP contribution in [0.3, 0.4) is 0 Å². The number of thioether (sulfide) groups is 1. The lowest BCUT2D eigenvalue weighted by molar-refractivity contribution is -0.131. The number of aryl methyl sites for hydroxylation is 2. The predicted molar refractivity (Wildman–Crippen MR) is 110 cm³/mol. The van der Waals surface area contributed by atoms with Crippen LogP contribution < -0.4 is 0 Å². The van der Waals surface area contributed by atoms with Crippen LogP contribution in [0.1, 0.15) is 47.0 Å². The van der Waals surface area contributed by atoms with Crippen LogP contribution in [0.4, 0.5) is 0 Å². The van der Waals surface area contributed by atoms with Gasteiger partial charge in [-0.05, 0) is 51.2 Å². The van der Waals surface area contributed by atoms with Gasteiger partial charge in [0, 0.05) is 24.5 Å². The van der Waals surface area contributed by atoms with E-state index in [4.69, 9.17) is 0 Å². The zero-order valence-corrected chi connectivity index (χ0v) is 17.4. The summed E-state index contributed by atoms with van der Waals surface area (Å²) in [4.78, 5) is 24.5. The number of carbonyl (C=O) groups excluding carboxylic acids is 1. The molecular weight excluding hydrogens is 370 g/mol. The van der Waals surface area contributed by atoms with Gasteiger partial charge in [-0.1, -0.05) is 42.1 Å². The molecule has 146 valence electrons. The lowest BCUT2D eigenvalue weighted by Gasteiger charge is -2.30. The first-order valence-electron chi connectivity index (χ1n) is 9.75. The molecule has 6 nitrogen and oxygen atoms in total. The van der Waals surface area contributed by atoms with Crippen molar-refractivity contribution < 1.29 is 4.79 Å². The van der Waals surface area contributed by atoms with Crippen molar-refractivity contribution in [1.29, 1.82) is 0 Å². The van der Waals surface area contributed by atoms with Crippen LogP contribution in [0.2, 0.25) is 0 Å². The molecule has 7 heteroatoms. The molecule has 1 fully saturated rings. The van der Waals surface area contributed by atoms with Crippen molar-refractivity contribution in [3.63, 3.8) is 0 Å². The summed E-state index contributed by atoms with van der Waals surface area (Å²) >= 11 is 1.42. The molecule has 2 aromatic heterocycles. The van der Waals surface area contributed by atoms with Gasteiger partial charge in [-0.3, -0.25) is 4.79 Å². The third kappa shape index (κ3) is 3.63. The number of aromatic nitrogens is 4. The first-order valence-corrected chi connectivity index (χ1v) is 10.6. The van der Waals surface area contributed by atoms with Crippen LogP contribution in [0.15, 0.2) is 35.5 Å². The van der Waals surface area contributed by atoms with Gasteiger partial charge in [0.25, 0.3) is 5.78 Å². The molecule has 1 aliphatic rings. The third-order valence-electron chi connectivity index (χ3n) is 5.46. The van der Waals surface area contributed by atoms with E-state index in [1.807, 2.05) is 56.0 Å². The molecule has 0 bridgehead atoms. The highest BCUT2D eigenvalue weighted by molar-refractivity contribution is 8.00. The number of amides is 1. The SMILES string of the molecule is Cc1nc2nc(SC(C(=O)N3CCCCC3)c3ccccc3)nn2c(C)c1C. The van der Waals surface area contributed by atoms with Crippen molar-refractivity contribution in [2.45, 2.75) is 50.4 Å². The number of likely N-dealkylation sites (tertiary alicyclic amines) is 1. The summed E-state index contributed by atoms with van der Waals surface area (Å²) in [6.07, 6.45) is 3.35. The van der Waals surface area contributed by atoms with Crippen molar-refractivity contribution in [2.24, 2.45) is 0 Å². The Kier molecular flexibility index (Phi) is 5.35. The third-order valence-corrected chi connectivity index (χ3v) is 6.55. The van der Waals surface area contributed by atoms with Gasteiger partial charge in [0.15, 0.2) is 0 Å². The zero-order valence-electron chi connectivity index (χ0n) is 16.6. The molecule has 1 aromatic carbocycles. The Morgan fingerprint density at radius 2 is 1.75 bits per heavy atom. The second-order valence-corrected chi connectivity index (χ2v) is 8.38. The molecule has 4 rings (SSSR count). The number of nitrogens with zero attached hydrogens (tertiary/aromatic N) is 5. The molecule has 1 saturated heterocycles. The van der Waals surface area contributed by atoms with Gasteiger partial charge in [0.1, 0.15) is 5.25 Å². The minimum atomic E-state index is -0.348. The van der Waals surface area contributed by atoms with E-state index in [2.05, 4.69) is 15.1 Å². The summed E-state index contributed by atoms with van der Waals surface area (Å²) in [6.45, 7) is 7.71. The average molecular weight is 396 g/mol. The van der Waals surface area contributed by atoms with Crippen molar-refractivity contribution >= 4 is 23.4 Å². The maximum absolute atomic E-state index is 13.3. The van der Waals surface area contributed by atoms with Crippen LogP contribution >= 0.6 is 11.8 Å². The van der Waals surface area contributed by atoms with Gasteiger partial charge in [-0.25, -0.2) is 9.50 Å². The van der Waals surface area contributed by atoms with Gasteiger partial charge in [-0.15, -0.1) is 5.10 Å². The Morgan fingerprint density at radius 3 is 2.46 bits per heavy atom. The molecule has 0 aliphatic carbocycles. The molecule has 1 aliphatic heterocycles. The van der Waals surface area contributed by atoms with E-state index >= 15 is 0 Å². The molecule has 28 heavy (non-hydrogen) atoms. The normalized spacial score (nSPS) is 15.8. The Labute approximate surface area is 169 Å². The lowest BCUT2D eigenvalue weighted by Crippen LogP contribution is -2.38. The Morgan fingerprint density at radius 1 is 1.04 bits per heavy atom. The fourth-order valence-electron chi connectivity index (χ4n) is 3.56. The van der Waals surface area contributed by atoms with Crippen molar-refractivity contribution in [1.82, 2.24) is 24.5 Å². The Hall–Kier alpha value is -2.41. The van der Waals surface area contributed by atoms with Crippen LogP contribution in [-0.4, -0.2) is 43.5 Å². The summed E-state index contributed by atoms with van der Waals surface area (Å²) in [7, 11) is 0. The fourth-order valence-corrected chi connectivity index (χ4v) is 4.58. The van der Waals surface area contributed by atoms with E-state index in [-0.39, 0.29) is 11.2 Å². The van der Waals surface area contributed by atoms with Crippen molar-refractivity contribution in [2.75, 3.05) is 13.1 Å². The molecular formula is C21H25N5OS. The minimum absolute atomic E-state index is 0.145. The number of fused-ring (bicyclic) bond motifs is 1. The highest BCUT2D eigenvalue weighted by Gasteiger charge is 2.29. The van der Waals surface area contributed by atoms with Crippen LogP contribution in [0.25, 0.3) is 5.78 Å². The molecule has 0 saturated carbocycles. The van der Waals surface area contributed by atoms with E-state index in [0.717, 1.165) is 48.4 Å². The molecule has 1 atom stereocenters. The summed E-state index contributed by atoms with van der Waals surface area (Å²) in [5, 5.41) is 4.88. The summed E-state index contributed by atoms with van der Waals surface area (Å²) < 4.78 is 1.78. The smallest absolute Gasteiger partial charge is 0.253 e. The van der Waals surface area contributed by atoms with Gasteiger partial charge in [-0.2, -0.15) is 4.98 Å². The van der Waals surface area contributed by atoms with Gasteiger partial charge in [0.2, 0.25) is 11.1 Å². The van der Waals surface area contributed by atoms with E-state index in [1.165, 1.54) is 18.2 Å². The topological polar surface area (TPSA) is 63.4 Å². The van der Waals surface area contributed by atoms with Gasteiger partial charge in [0.05, 0.1) is 0 Å². The average Bonchev–Trinajstić information content (AvgIpc) is 3.14. The Bertz CT molecular complexity index is 995. The second-order valence-electron chi connectivity index (χ2n) is 7.31. The molecule has 3 heterocycles. The first-order chi connectivity index (χ1) is 13.5. The van der Waals surface area contributed by atoms with Crippen LogP contribution in [0, 0.1) is 20.8 Å². The zero-order chi connectivity index (χ0) is 19.7. The van der Waals surface area contributed by atoms with Crippen molar-refractivity contribution in [3.05, 3.63) is 52.8 Å². The monoisotopic (exact) mass is 395 g/mol. The summed E-state index contributed by atoms with van der Waals surface area (Å²) in [5.41, 5.74) is 4.08. The Balaban J connectivity index is 1.68. The summed E-state index contributed by atoms with van der Waals surface area (Å²) in [6, 6.07) is 9.93. The molecule has 3 aromatic rings. The van der Waals surface area contributed by atoms with Crippen LogP contribution in [0.5, 0.6) is 0 Å². The van der Waals surface area contributed by atoms with Gasteiger partial charge < -0.3 is 4.90 Å². The second kappa shape index (κ2) is 7.91. The molecule has 1 amide bonds. The number of carbonyl (C=O) groups is 1. The lowest BCUT2D eigenvalue weighted by atomic mass is 10.1. The molecule has 1 unspecified atom stereocenters. The largest absolute Gasteiger partial charge is 0.341 e. The minimum Gasteiger partial charge on any atom is -0.341 e. The number of rotatable bonds is 4. The van der Waals surface area contributed by atoms with Gasteiger partial charge >= 0.3 is 0 Å². The van der Waals surface area contributed by atoms with E-state index < -0.39 is 0 Å². The number of hydrogen-bond acceptors (Lipinski definition) is 5. The van der Waals surface area contributed by atoms with E-state index in [9.17, 15) is 4.79 Å². The van der Waals surface area contributed by atoms with E-state index in [1.54, 1.807) is 4.52 Å². The van der Waals surface area contributed by atoms with Crippen molar-refractivity contribution in [3.8, 4) is 0 Å². The predicted octanol–water partition coefficient (Wildman–Crippen LogP) is 3.90. The molecule has 0 spiro atoms. The quantitative estimate of drug-likeness (QED) is 0.627.